The van der Waals surface area contributed by atoms with Gasteiger partial charge in [0.05, 0.1) is 20.0 Å². The Morgan fingerprint density at radius 1 is 1.00 bits per heavy atom. The zero-order valence-electron chi connectivity index (χ0n) is 14.3. The van der Waals surface area contributed by atoms with Crippen molar-refractivity contribution in [1.29, 1.82) is 0 Å². The molecule has 1 N–H and O–H groups in total. The van der Waals surface area contributed by atoms with Crippen molar-refractivity contribution in [3.8, 4) is 11.5 Å². The number of aryl methyl sites for hydroxylation is 1. The van der Waals surface area contributed by atoms with E-state index in [4.69, 9.17) is 9.47 Å². The molecule has 0 aromatic heterocycles. The Kier molecular flexibility index (Phi) is 7.00. The van der Waals surface area contributed by atoms with E-state index in [1.165, 1.54) is 11.1 Å². The Bertz CT molecular complexity index is 671. The summed E-state index contributed by atoms with van der Waals surface area (Å²) in [6.07, 6.45) is 0. The van der Waals surface area contributed by atoms with Crippen molar-refractivity contribution in [2.45, 2.75) is 19.2 Å². The number of thioether (sulfide) groups is 1. The predicted molar refractivity (Wildman–Crippen MR) is 98.7 cm³/mol. The number of carbonyl (C=O) groups is 1. The Hall–Kier alpha value is -2.14. The van der Waals surface area contributed by atoms with E-state index in [-0.39, 0.29) is 5.91 Å². The number of ether oxygens (including phenoxy) is 2. The smallest absolute Gasteiger partial charge is 0.230 e. The lowest BCUT2D eigenvalue weighted by Crippen LogP contribution is -2.24. The van der Waals surface area contributed by atoms with Crippen LogP contribution < -0.4 is 14.8 Å². The number of hydrogen-bond donors (Lipinski definition) is 1. The number of rotatable bonds is 8. The SMILES string of the molecule is COc1ccc(CNC(=O)CSCc2ccc(C)cc2)cc1OC. The second kappa shape index (κ2) is 9.23. The van der Waals surface area contributed by atoms with Gasteiger partial charge in [-0.05, 0) is 30.2 Å². The Morgan fingerprint density at radius 3 is 2.33 bits per heavy atom. The van der Waals surface area contributed by atoms with Crippen molar-refractivity contribution in [2.75, 3.05) is 20.0 Å². The summed E-state index contributed by atoms with van der Waals surface area (Å²) in [4.78, 5) is 12.0. The normalized spacial score (nSPS) is 10.3. The van der Waals surface area contributed by atoms with Gasteiger partial charge >= 0.3 is 0 Å². The first-order valence-corrected chi connectivity index (χ1v) is 8.88. The highest BCUT2D eigenvalue weighted by molar-refractivity contribution is 7.99. The van der Waals surface area contributed by atoms with Crippen LogP contribution in [0, 0.1) is 6.92 Å². The minimum atomic E-state index is 0.0295. The van der Waals surface area contributed by atoms with Crippen molar-refractivity contribution in [3.05, 3.63) is 59.2 Å². The van der Waals surface area contributed by atoms with Gasteiger partial charge in [0.15, 0.2) is 11.5 Å². The molecule has 2 rings (SSSR count). The Balaban J connectivity index is 1.75. The quantitative estimate of drug-likeness (QED) is 0.795. The molecule has 2 aromatic carbocycles. The highest BCUT2D eigenvalue weighted by Crippen LogP contribution is 2.27. The molecule has 0 aliphatic heterocycles. The van der Waals surface area contributed by atoms with Crippen LogP contribution in [0.2, 0.25) is 0 Å². The fourth-order valence-corrected chi connectivity index (χ4v) is 3.01. The summed E-state index contributed by atoms with van der Waals surface area (Å²) in [5.74, 6) is 2.66. The second-order valence-electron chi connectivity index (χ2n) is 5.44. The van der Waals surface area contributed by atoms with Gasteiger partial charge in [-0.3, -0.25) is 4.79 Å². The first-order valence-electron chi connectivity index (χ1n) is 7.73. The van der Waals surface area contributed by atoms with Crippen molar-refractivity contribution < 1.29 is 14.3 Å². The van der Waals surface area contributed by atoms with E-state index >= 15 is 0 Å². The highest BCUT2D eigenvalue weighted by Gasteiger charge is 2.06. The molecule has 0 bridgehead atoms. The minimum Gasteiger partial charge on any atom is -0.493 e. The lowest BCUT2D eigenvalue weighted by Gasteiger charge is -2.10. The van der Waals surface area contributed by atoms with E-state index in [1.54, 1.807) is 26.0 Å². The van der Waals surface area contributed by atoms with E-state index in [1.807, 2.05) is 18.2 Å². The molecule has 24 heavy (non-hydrogen) atoms. The molecule has 2 aromatic rings. The van der Waals surface area contributed by atoms with Crippen LogP contribution in [0.4, 0.5) is 0 Å². The molecule has 0 aliphatic rings. The fraction of sp³-hybridized carbons (Fsp3) is 0.316. The third-order valence-corrected chi connectivity index (χ3v) is 4.56. The summed E-state index contributed by atoms with van der Waals surface area (Å²) in [5.41, 5.74) is 3.46. The maximum absolute atomic E-state index is 12.0. The van der Waals surface area contributed by atoms with Crippen molar-refractivity contribution >= 4 is 17.7 Å². The zero-order chi connectivity index (χ0) is 17.4. The van der Waals surface area contributed by atoms with Crippen LogP contribution in [0.5, 0.6) is 11.5 Å². The summed E-state index contributed by atoms with van der Waals surface area (Å²) in [6.45, 7) is 2.54. The van der Waals surface area contributed by atoms with Gasteiger partial charge in [-0.1, -0.05) is 35.9 Å². The first kappa shape index (κ1) is 18.2. The molecular formula is C19H23NO3S. The van der Waals surface area contributed by atoms with Gasteiger partial charge in [-0.2, -0.15) is 0 Å². The lowest BCUT2D eigenvalue weighted by molar-refractivity contribution is -0.118. The number of benzene rings is 2. The maximum Gasteiger partial charge on any atom is 0.230 e. The van der Waals surface area contributed by atoms with Crippen LogP contribution in [0.3, 0.4) is 0 Å². The summed E-state index contributed by atoms with van der Waals surface area (Å²) in [7, 11) is 3.20. The second-order valence-corrected chi connectivity index (χ2v) is 6.43. The van der Waals surface area contributed by atoms with E-state index in [9.17, 15) is 4.79 Å². The highest BCUT2D eigenvalue weighted by atomic mass is 32.2. The monoisotopic (exact) mass is 345 g/mol. The molecule has 0 spiro atoms. The molecule has 5 heteroatoms. The molecule has 0 unspecified atom stereocenters. The molecule has 128 valence electrons. The third-order valence-electron chi connectivity index (χ3n) is 3.56. The average Bonchev–Trinajstić information content (AvgIpc) is 2.61. The van der Waals surface area contributed by atoms with Crippen LogP contribution >= 0.6 is 11.8 Å². The van der Waals surface area contributed by atoms with Crippen LogP contribution in [0.15, 0.2) is 42.5 Å². The van der Waals surface area contributed by atoms with Crippen molar-refractivity contribution in [2.24, 2.45) is 0 Å². The van der Waals surface area contributed by atoms with E-state index in [0.717, 1.165) is 11.3 Å². The Morgan fingerprint density at radius 2 is 1.67 bits per heavy atom. The summed E-state index contributed by atoms with van der Waals surface area (Å²) in [6, 6.07) is 14.0. The van der Waals surface area contributed by atoms with Gasteiger partial charge in [0, 0.05) is 12.3 Å². The van der Waals surface area contributed by atoms with E-state index in [0.29, 0.717) is 23.8 Å². The van der Waals surface area contributed by atoms with Crippen molar-refractivity contribution in [3.63, 3.8) is 0 Å². The number of hydrogen-bond acceptors (Lipinski definition) is 4. The molecule has 0 saturated carbocycles. The molecule has 0 atom stereocenters. The molecule has 0 fully saturated rings. The van der Waals surface area contributed by atoms with Crippen LogP contribution in [-0.2, 0) is 17.1 Å². The molecular weight excluding hydrogens is 322 g/mol. The fourth-order valence-electron chi connectivity index (χ4n) is 2.19. The summed E-state index contributed by atoms with van der Waals surface area (Å²) < 4.78 is 10.5. The van der Waals surface area contributed by atoms with Gasteiger partial charge in [0.1, 0.15) is 0 Å². The minimum absolute atomic E-state index is 0.0295. The molecule has 0 saturated heterocycles. The molecule has 1 amide bonds. The van der Waals surface area contributed by atoms with Gasteiger partial charge in [-0.15, -0.1) is 11.8 Å². The van der Waals surface area contributed by atoms with Crippen LogP contribution in [-0.4, -0.2) is 25.9 Å². The standard InChI is InChI=1S/C19H23NO3S/c1-14-4-6-15(7-5-14)12-24-13-19(21)20-11-16-8-9-17(22-2)18(10-16)23-3/h4-10H,11-13H2,1-3H3,(H,20,21). The summed E-state index contributed by atoms with van der Waals surface area (Å²) >= 11 is 1.61. The maximum atomic E-state index is 12.0. The number of nitrogens with one attached hydrogen (secondary N) is 1. The van der Waals surface area contributed by atoms with E-state index < -0.39 is 0 Å². The molecule has 4 nitrogen and oxygen atoms in total. The summed E-state index contributed by atoms with van der Waals surface area (Å²) in [5, 5.41) is 2.93. The molecule has 0 heterocycles. The third kappa shape index (κ3) is 5.49. The number of amides is 1. The van der Waals surface area contributed by atoms with Gasteiger partial charge in [0.2, 0.25) is 5.91 Å². The predicted octanol–water partition coefficient (Wildman–Crippen LogP) is 3.56. The van der Waals surface area contributed by atoms with Crippen LogP contribution in [0.1, 0.15) is 16.7 Å². The van der Waals surface area contributed by atoms with Gasteiger partial charge in [-0.25, -0.2) is 0 Å². The van der Waals surface area contributed by atoms with Gasteiger partial charge in [0.25, 0.3) is 0 Å². The first-order chi connectivity index (χ1) is 11.6. The van der Waals surface area contributed by atoms with Gasteiger partial charge < -0.3 is 14.8 Å². The lowest BCUT2D eigenvalue weighted by atomic mass is 10.2. The molecule has 0 radical (unpaired) electrons. The largest absolute Gasteiger partial charge is 0.493 e. The Labute approximate surface area is 147 Å². The topological polar surface area (TPSA) is 47.6 Å². The average molecular weight is 345 g/mol. The van der Waals surface area contributed by atoms with E-state index in [2.05, 4.69) is 36.5 Å². The zero-order valence-corrected chi connectivity index (χ0v) is 15.1. The van der Waals surface area contributed by atoms with Crippen molar-refractivity contribution in [1.82, 2.24) is 5.32 Å². The number of carbonyl (C=O) groups excluding carboxylic acids is 1. The molecule has 0 aliphatic carbocycles. The van der Waals surface area contributed by atoms with Crippen LogP contribution in [0.25, 0.3) is 0 Å². The number of methoxy groups -OCH3 is 2.